The van der Waals surface area contributed by atoms with Gasteiger partial charge in [-0.05, 0) is 31.2 Å². The lowest BCUT2D eigenvalue weighted by Crippen LogP contribution is -2.20. The Hall–Kier alpha value is -2.62. The molecule has 0 saturated carbocycles. The molecule has 1 amide bonds. The van der Waals surface area contributed by atoms with E-state index in [2.05, 4.69) is 10.4 Å². The molecular weight excluding hydrogens is 250 g/mol. The Morgan fingerprint density at radius 1 is 1.10 bits per heavy atom. The van der Waals surface area contributed by atoms with Crippen LogP contribution in [-0.4, -0.2) is 18.7 Å². The Bertz CT molecular complexity index is 692. The third-order valence-corrected chi connectivity index (χ3v) is 3.27. The lowest BCUT2D eigenvalue weighted by atomic mass is 10.1. The van der Waals surface area contributed by atoms with Gasteiger partial charge in [0.05, 0.1) is 11.4 Å². The van der Waals surface area contributed by atoms with Crippen molar-refractivity contribution in [3.05, 3.63) is 59.7 Å². The molecule has 1 aliphatic heterocycles. The highest BCUT2D eigenvalue weighted by Crippen LogP contribution is 2.25. The fourth-order valence-electron chi connectivity index (χ4n) is 2.22. The first-order chi connectivity index (χ1) is 9.65. The largest absolute Gasteiger partial charge is 0.320 e. The molecule has 0 unspecified atom stereocenters. The highest BCUT2D eigenvalue weighted by molar-refractivity contribution is 6.53. The number of amides is 1. The third kappa shape index (κ3) is 2.16. The maximum atomic E-state index is 12.0. The average molecular weight is 265 g/mol. The fraction of sp³-hybridized carbons (Fsp3) is 0.125. The number of benzene rings is 2. The molecule has 1 heterocycles. The van der Waals surface area contributed by atoms with Crippen LogP contribution in [0.4, 0.5) is 11.4 Å². The van der Waals surface area contributed by atoms with Crippen molar-refractivity contribution < 1.29 is 4.79 Å². The maximum Gasteiger partial charge on any atom is 0.276 e. The second kappa shape index (κ2) is 4.81. The number of rotatable bonds is 2. The van der Waals surface area contributed by atoms with Crippen LogP contribution in [0.25, 0.3) is 0 Å². The second-order valence-electron chi connectivity index (χ2n) is 4.81. The molecule has 100 valence electrons. The van der Waals surface area contributed by atoms with Crippen LogP contribution in [-0.2, 0) is 4.79 Å². The summed E-state index contributed by atoms with van der Waals surface area (Å²) in [6.45, 7) is 2.00. The molecule has 0 aliphatic carbocycles. The quantitative estimate of drug-likeness (QED) is 0.849. The van der Waals surface area contributed by atoms with Gasteiger partial charge in [0.2, 0.25) is 0 Å². The van der Waals surface area contributed by atoms with Gasteiger partial charge < -0.3 is 5.32 Å². The third-order valence-electron chi connectivity index (χ3n) is 3.27. The minimum Gasteiger partial charge on any atom is -0.320 e. The zero-order chi connectivity index (χ0) is 14.1. The van der Waals surface area contributed by atoms with Gasteiger partial charge in [0.25, 0.3) is 5.91 Å². The van der Waals surface area contributed by atoms with Crippen LogP contribution in [0.15, 0.2) is 53.6 Å². The van der Waals surface area contributed by atoms with Crippen LogP contribution in [0.1, 0.15) is 11.1 Å². The number of nitrogens with zero attached hydrogens (tertiary/aromatic N) is 2. The normalized spacial score (nSPS) is 15.1. The van der Waals surface area contributed by atoms with Gasteiger partial charge >= 0.3 is 0 Å². The molecule has 0 atom stereocenters. The van der Waals surface area contributed by atoms with Crippen LogP contribution in [0.5, 0.6) is 0 Å². The maximum absolute atomic E-state index is 12.0. The van der Waals surface area contributed by atoms with Gasteiger partial charge in [-0.15, -0.1) is 0 Å². The first-order valence-corrected chi connectivity index (χ1v) is 6.45. The molecule has 1 aliphatic rings. The fourth-order valence-corrected chi connectivity index (χ4v) is 2.22. The Morgan fingerprint density at radius 3 is 2.60 bits per heavy atom. The van der Waals surface area contributed by atoms with Crippen molar-refractivity contribution in [2.75, 3.05) is 17.4 Å². The summed E-state index contributed by atoms with van der Waals surface area (Å²) >= 11 is 0. The number of hydrazone groups is 1. The molecule has 0 saturated heterocycles. The smallest absolute Gasteiger partial charge is 0.276 e. The number of anilines is 2. The number of carbonyl (C=O) groups is 1. The number of fused-ring (bicyclic) bond motifs is 1. The summed E-state index contributed by atoms with van der Waals surface area (Å²) < 4.78 is 0. The first-order valence-electron chi connectivity index (χ1n) is 6.45. The van der Waals surface area contributed by atoms with E-state index in [0.29, 0.717) is 5.71 Å². The molecule has 0 aromatic heterocycles. The molecule has 2 aromatic carbocycles. The van der Waals surface area contributed by atoms with Crippen LogP contribution in [0.2, 0.25) is 0 Å². The van der Waals surface area contributed by atoms with E-state index < -0.39 is 0 Å². The molecule has 4 nitrogen and oxygen atoms in total. The molecule has 0 bridgehead atoms. The van der Waals surface area contributed by atoms with Crippen LogP contribution >= 0.6 is 0 Å². The van der Waals surface area contributed by atoms with Crippen molar-refractivity contribution in [3.8, 4) is 0 Å². The van der Waals surface area contributed by atoms with Crippen molar-refractivity contribution in [1.29, 1.82) is 0 Å². The van der Waals surface area contributed by atoms with E-state index >= 15 is 0 Å². The highest BCUT2D eigenvalue weighted by atomic mass is 16.2. The van der Waals surface area contributed by atoms with E-state index in [9.17, 15) is 4.79 Å². The SMILES string of the molecule is Cc1ccc2c(c1)C(=NN(C)c1ccccc1)C(=O)N2. The number of carbonyl (C=O) groups excluding carboxylic acids is 1. The average Bonchev–Trinajstić information content (AvgIpc) is 2.76. The van der Waals surface area contributed by atoms with Crippen molar-refractivity contribution in [1.82, 2.24) is 0 Å². The summed E-state index contributed by atoms with van der Waals surface area (Å²) in [6, 6.07) is 15.6. The topological polar surface area (TPSA) is 44.7 Å². The van der Waals surface area contributed by atoms with E-state index in [-0.39, 0.29) is 5.91 Å². The molecule has 3 rings (SSSR count). The van der Waals surface area contributed by atoms with Gasteiger partial charge in [-0.25, -0.2) is 0 Å². The zero-order valence-corrected chi connectivity index (χ0v) is 11.4. The van der Waals surface area contributed by atoms with E-state index in [1.807, 2.05) is 62.5 Å². The lowest BCUT2D eigenvalue weighted by Gasteiger charge is -2.13. The lowest BCUT2D eigenvalue weighted by molar-refractivity contribution is -0.110. The van der Waals surface area contributed by atoms with Crippen molar-refractivity contribution in [3.63, 3.8) is 0 Å². The summed E-state index contributed by atoms with van der Waals surface area (Å²) in [7, 11) is 1.84. The van der Waals surface area contributed by atoms with E-state index in [4.69, 9.17) is 0 Å². The summed E-state index contributed by atoms with van der Waals surface area (Å²) in [5.74, 6) is -0.159. The van der Waals surface area contributed by atoms with E-state index in [1.54, 1.807) is 5.01 Å². The number of para-hydroxylation sites is 1. The van der Waals surface area contributed by atoms with Gasteiger partial charge in [-0.3, -0.25) is 9.80 Å². The second-order valence-corrected chi connectivity index (χ2v) is 4.81. The van der Waals surface area contributed by atoms with Crippen molar-refractivity contribution in [2.45, 2.75) is 6.92 Å². The van der Waals surface area contributed by atoms with Crippen LogP contribution in [0.3, 0.4) is 0 Å². The van der Waals surface area contributed by atoms with Gasteiger partial charge in [-0.1, -0.05) is 29.8 Å². The molecule has 20 heavy (non-hydrogen) atoms. The summed E-state index contributed by atoms with van der Waals surface area (Å²) in [5.41, 5.74) is 4.18. The van der Waals surface area contributed by atoms with Gasteiger partial charge in [-0.2, -0.15) is 5.10 Å². The Labute approximate surface area is 117 Å². The van der Waals surface area contributed by atoms with Crippen LogP contribution in [0, 0.1) is 6.92 Å². The molecule has 2 aromatic rings. The predicted octanol–water partition coefficient (Wildman–Crippen LogP) is 2.79. The number of hydrogen-bond donors (Lipinski definition) is 1. The molecule has 0 fully saturated rings. The Balaban J connectivity index is 2.01. The molecule has 0 spiro atoms. The van der Waals surface area contributed by atoms with E-state index in [1.165, 1.54) is 0 Å². The minimum absolute atomic E-state index is 0.159. The van der Waals surface area contributed by atoms with Crippen molar-refractivity contribution in [2.24, 2.45) is 5.10 Å². The molecule has 1 N–H and O–H groups in total. The summed E-state index contributed by atoms with van der Waals surface area (Å²) in [6.07, 6.45) is 0. The minimum atomic E-state index is -0.159. The Morgan fingerprint density at radius 2 is 1.85 bits per heavy atom. The monoisotopic (exact) mass is 265 g/mol. The van der Waals surface area contributed by atoms with E-state index in [0.717, 1.165) is 22.5 Å². The number of nitrogens with one attached hydrogen (secondary N) is 1. The first kappa shape index (κ1) is 12.4. The van der Waals surface area contributed by atoms with Gasteiger partial charge in [0.15, 0.2) is 5.71 Å². The summed E-state index contributed by atoms with van der Waals surface area (Å²) in [4.78, 5) is 12.0. The van der Waals surface area contributed by atoms with Gasteiger partial charge in [0.1, 0.15) is 0 Å². The summed E-state index contributed by atoms with van der Waals surface area (Å²) in [5, 5.41) is 9.00. The zero-order valence-electron chi connectivity index (χ0n) is 11.4. The molecule has 0 radical (unpaired) electrons. The number of hydrogen-bond acceptors (Lipinski definition) is 3. The number of aryl methyl sites for hydroxylation is 1. The molecule has 4 heteroatoms. The standard InChI is InChI=1S/C16H15N3O/c1-11-8-9-14-13(10-11)15(16(20)17-14)18-19(2)12-6-4-3-5-7-12/h3-10H,1-2H3,(H,17,18,20). The van der Waals surface area contributed by atoms with Gasteiger partial charge in [0, 0.05) is 12.6 Å². The Kier molecular flexibility index (Phi) is 2.99. The van der Waals surface area contributed by atoms with Crippen LogP contribution < -0.4 is 10.3 Å². The highest BCUT2D eigenvalue weighted by Gasteiger charge is 2.26. The molecular formula is C16H15N3O. The predicted molar refractivity (Wildman–Crippen MR) is 81.2 cm³/mol. The van der Waals surface area contributed by atoms with Crippen molar-refractivity contribution >= 4 is 23.0 Å².